The molecule has 1 aromatic carbocycles. The Morgan fingerprint density at radius 3 is 2.85 bits per heavy atom. The molecule has 1 N–H and O–H groups in total. The average Bonchev–Trinajstić information content (AvgIpc) is 2.09. The van der Waals surface area contributed by atoms with Crippen molar-refractivity contribution < 1.29 is 4.39 Å². The van der Waals surface area contributed by atoms with E-state index in [0.717, 1.165) is 24.9 Å². The average molecular weight is 202 g/mol. The Morgan fingerprint density at radius 2 is 2.23 bits per heavy atom. The standard InChI is InChI=1S/C10H13ClFN/c1-13-6-2-3-8-4-5-9(12)7-10(8)11/h4-5,7,13H,2-3,6H2,1H3. The van der Waals surface area contributed by atoms with Crippen LogP contribution in [0, 0.1) is 5.82 Å². The summed E-state index contributed by atoms with van der Waals surface area (Å²) >= 11 is 5.85. The quantitative estimate of drug-likeness (QED) is 0.739. The molecule has 0 saturated carbocycles. The van der Waals surface area contributed by atoms with Gasteiger partial charge in [-0.25, -0.2) is 4.39 Å². The number of rotatable bonds is 4. The van der Waals surface area contributed by atoms with Crippen LogP contribution in [0.3, 0.4) is 0 Å². The highest BCUT2D eigenvalue weighted by Crippen LogP contribution is 2.18. The lowest BCUT2D eigenvalue weighted by atomic mass is 10.1. The fourth-order valence-electron chi connectivity index (χ4n) is 1.18. The van der Waals surface area contributed by atoms with Gasteiger partial charge in [-0.3, -0.25) is 0 Å². The molecule has 0 amide bonds. The SMILES string of the molecule is CNCCCc1ccc(F)cc1Cl. The van der Waals surface area contributed by atoms with E-state index in [4.69, 9.17) is 11.6 Å². The third-order valence-corrected chi connectivity index (χ3v) is 2.24. The number of nitrogens with one attached hydrogen (secondary N) is 1. The number of hydrogen-bond acceptors (Lipinski definition) is 1. The van der Waals surface area contributed by atoms with E-state index < -0.39 is 0 Å². The maximum absolute atomic E-state index is 12.6. The van der Waals surface area contributed by atoms with Gasteiger partial charge >= 0.3 is 0 Å². The predicted octanol–water partition coefficient (Wildman–Crippen LogP) is 2.63. The van der Waals surface area contributed by atoms with Crippen LogP contribution in [-0.4, -0.2) is 13.6 Å². The molecule has 3 heteroatoms. The summed E-state index contributed by atoms with van der Waals surface area (Å²) in [5, 5.41) is 3.58. The Balaban J connectivity index is 2.56. The van der Waals surface area contributed by atoms with Gasteiger partial charge in [-0.1, -0.05) is 17.7 Å². The van der Waals surface area contributed by atoms with Gasteiger partial charge in [0.2, 0.25) is 0 Å². The van der Waals surface area contributed by atoms with E-state index in [2.05, 4.69) is 5.32 Å². The van der Waals surface area contributed by atoms with Crippen LogP contribution in [0.2, 0.25) is 5.02 Å². The van der Waals surface area contributed by atoms with E-state index in [0.29, 0.717) is 5.02 Å². The molecule has 72 valence electrons. The molecule has 0 aromatic heterocycles. The third-order valence-electron chi connectivity index (χ3n) is 1.89. The van der Waals surface area contributed by atoms with Crippen molar-refractivity contribution in [3.63, 3.8) is 0 Å². The second-order valence-electron chi connectivity index (χ2n) is 2.94. The molecular weight excluding hydrogens is 189 g/mol. The van der Waals surface area contributed by atoms with Gasteiger partial charge in [-0.2, -0.15) is 0 Å². The second-order valence-corrected chi connectivity index (χ2v) is 3.35. The zero-order valence-electron chi connectivity index (χ0n) is 7.61. The number of benzene rings is 1. The van der Waals surface area contributed by atoms with Gasteiger partial charge in [-0.05, 0) is 44.1 Å². The highest BCUT2D eigenvalue weighted by atomic mass is 35.5. The van der Waals surface area contributed by atoms with Crippen LogP contribution in [0.4, 0.5) is 4.39 Å². The van der Waals surface area contributed by atoms with Crippen LogP contribution in [0.15, 0.2) is 18.2 Å². The monoisotopic (exact) mass is 201 g/mol. The molecule has 1 rings (SSSR count). The molecule has 0 fully saturated rings. The summed E-state index contributed by atoms with van der Waals surface area (Å²) in [6, 6.07) is 4.55. The lowest BCUT2D eigenvalue weighted by molar-refractivity contribution is 0.626. The van der Waals surface area contributed by atoms with Crippen molar-refractivity contribution in [2.24, 2.45) is 0 Å². The van der Waals surface area contributed by atoms with E-state index in [9.17, 15) is 4.39 Å². The van der Waals surface area contributed by atoms with Gasteiger partial charge in [0.05, 0.1) is 0 Å². The van der Waals surface area contributed by atoms with Crippen molar-refractivity contribution in [2.45, 2.75) is 12.8 Å². The maximum atomic E-state index is 12.6. The van der Waals surface area contributed by atoms with Crippen LogP contribution in [0.5, 0.6) is 0 Å². The van der Waals surface area contributed by atoms with E-state index in [1.54, 1.807) is 6.07 Å². The smallest absolute Gasteiger partial charge is 0.124 e. The molecule has 0 radical (unpaired) electrons. The van der Waals surface area contributed by atoms with Gasteiger partial charge in [0, 0.05) is 5.02 Å². The van der Waals surface area contributed by atoms with Crippen LogP contribution in [-0.2, 0) is 6.42 Å². The third kappa shape index (κ3) is 3.33. The second kappa shape index (κ2) is 5.20. The first-order valence-electron chi connectivity index (χ1n) is 4.32. The molecule has 0 unspecified atom stereocenters. The fraction of sp³-hybridized carbons (Fsp3) is 0.400. The summed E-state index contributed by atoms with van der Waals surface area (Å²) in [6.07, 6.45) is 1.90. The largest absolute Gasteiger partial charge is 0.320 e. The molecule has 0 saturated heterocycles. The molecular formula is C10H13ClFN. The minimum absolute atomic E-state index is 0.276. The maximum Gasteiger partial charge on any atom is 0.124 e. The number of hydrogen-bond donors (Lipinski definition) is 1. The molecule has 0 atom stereocenters. The first kappa shape index (κ1) is 10.5. The number of halogens is 2. The first-order valence-corrected chi connectivity index (χ1v) is 4.70. The fourth-order valence-corrected chi connectivity index (χ4v) is 1.44. The normalized spacial score (nSPS) is 10.4. The Bertz CT molecular complexity index is 276. The van der Waals surface area contributed by atoms with Crippen molar-refractivity contribution >= 4 is 11.6 Å². The molecule has 0 aliphatic rings. The Hall–Kier alpha value is -0.600. The van der Waals surface area contributed by atoms with Gasteiger partial charge in [0.15, 0.2) is 0 Å². The van der Waals surface area contributed by atoms with Gasteiger partial charge in [0.1, 0.15) is 5.82 Å². The van der Waals surface area contributed by atoms with Crippen LogP contribution < -0.4 is 5.32 Å². The molecule has 1 nitrogen and oxygen atoms in total. The van der Waals surface area contributed by atoms with E-state index >= 15 is 0 Å². The zero-order valence-corrected chi connectivity index (χ0v) is 8.37. The topological polar surface area (TPSA) is 12.0 Å². The minimum atomic E-state index is -0.276. The van der Waals surface area contributed by atoms with Crippen LogP contribution in [0.25, 0.3) is 0 Å². The Kier molecular flexibility index (Phi) is 4.19. The first-order chi connectivity index (χ1) is 6.24. The van der Waals surface area contributed by atoms with Crippen molar-refractivity contribution in [3.05, 3.63) is 34.6 Å². The van der Waals surface area contributed by atoms with E-state index in [-0.39, 0.29) is 5.82 Å². The van der Waals surface area contributed by atoms with Gasteiger partial charge < -0.3 is 5.32 Å². The summed E-state index contributed by atoms with van der Waals surface area (Å²) in [7, 11) is 1.91. The Morgan fingerprint density at radius 1 is 1.46 bits per heavy atom. The van der Waals surface area contributed by atoms with Crippen LogP contribution >= 0.6 is 11.6 Å². The predicted molar refractivity (Wildman–Crippen MR) is 53.7 cm³/mol. The zero-order chi connectivity index (χ0) is 9.68. The molecule has 0 aliphatic heterocycles. The van der Waals surface area contributed by atoms with E-state index in [1.165, 1.54) is 12.1 Å². The van der Waals surface area contributed by atoms with Crippen molar-refractivity contribution in [1.82, 2.24) is 5.32 Å². The van der Waals surface area contributed by atoms with Crippen molar-refractivity contribution in [1.29, 1.82) is 0 Å². The molecule has 0 aliphatic carbocycles. The van der Waals surface area contributed by atoms with Crippen molar-refractivity contribution in [3.8, 4) is 0 Å². The summed E-state index contributed by atoms with van der Waals surface area (Å²) < 4.78 is 12.6. The summed E-state index contributed by atoms with van der Waals surface area (Å²) in [6.45, 7) is 0.952. The summed E-state index contributed by atoms with van der Waals surface area (Å²) in [5.74, 6) is -0.276. The van der Waals surface area contributed by atoms with Gasteiger partial charge in [-0.15, -0.1) is 0 Å². The molecule has 0 heterocycles. The van der Waals surface area contributed by atoms with Gasteiger partial charge in [0.25, 0.3) is 0 Å². The number of aryl methyl sites for hydroxylation is 1. The molecule has 13 heavy (non-hydrogen) atoms. The molecule has 0 bridgehead atoms. The Labute approximate surface area is 82.9 Å². The minimum Gasteiger partial charge on any atom is -0.320 e. The summed E-state index contributed by atoms with van der Waals surface area (Å²) in [5.41, 5.74) is 1.01. The molecule has 0 spiro atoms. The lowest BCUT2D eigenvalue weighted by Crippen LogP contribution is -2.08. The molecule has 1 aromatic rings. The van der Waals surface area contributed by atoms with Crippen LogP contribution in [0.1, 0.15) is 12.0 Å². The lowest BCUT2D eigenvalue weighted by Gasteiger charge is -2.03. The summed E-state index contributed by atoms with van der Waals surface area (Å²) in [4.78, 5) is 0. The highest BCUT2D eigenvalue weighted by Gasteiger charge is 2.00. The van der Waals surface area contributed by atoms with E-state index in [1.807, 2.05) is 7.05 Å². The highest BCUT2D eigenvalue weighted by molar-refractivity contribution is 6.31. The van der Waals surface area contributed by atoms with Crippen molar-refractivity contribution in [2.75, 3.05) is 13.6 Å².